The summed E-state index contributed by atoms with van der Waals surface area (Å²) in [5.41, 5.74) is 0. The molecule has 1 unspecified atom stereocenters. The van der Waals surface area contributed by atoms with Gasteiger partial charge in [0.1, 0.15) is 0 Å². The normalized spacial score (nSPS) is 16.3. The van der Waals surface area contributed by atoms with Crippen LogP contribution in [0.2, 0.25) is 0 Å². The van der Waals surface area contributed by atoms with Crippen molar-refractivity contribution < 1.29 is 19.1 Å². The number of unbranched alkanes of at least 4 members (excludes halogenated alkanes) is 9. The summed E-state index contributed by atoms with van der Waals surface area (Å²) in [5, 5.41) is 0. The second kappa shape index (κ2) is 16.8. The molecule has 0 saturated carbocycles. The Kier molecular flexibility index (Phi) is 14.8. The Bertz CT molecular complexity index is 417. The second-order valence-corrected chi connectivity index (χ2v) is 7.70. The van der Waals surface area contributed by atoms with Gasteiger partial charge in [-0.2, -0.15) is 0 Å². The molecular weight excluding hydrogens is 340 g/mol. The molecule has 0 aromatic heterocycles. The van der Waals surface area contributed by atoms with E-state index in [4.69, 9.17) is 9.47 Å². The van der Waals surface area contributed by atoms with Crippen LogP contribution >= 0.6 is 0 Å². The molecule has 0 fully saturated rings. The maximum absolute atomic E-state index is 11.7. The third-order valence-corrected chi connectivity index (χ3v) is 5.11. The van der Waals surface area contributed by atoms with Crippen LogP contribution in [0.5, 0.6) is 0 Å². The molecule has 0 N–H and O–H groups in total. The average molecular weight is 381 g/mol. The lowest BCUT2D eigenvalue weighted by molar-refractivity contribution is -0.151. The molecule has 1 atom stereocenters. The maximum Gasteiger partial charge on any atom is 0.306 e. The third kappa shape index (κ3) is 14.4. The lowest BCUT2D eigenvalue weighted by Crippen LogP contribution is -2.15. The molecule has 0 amide bonds. The fraction of sp³-hybridized carbons (Fsp3) is 0.826. The molecule has 0 aromatic carbocycles. The SMILES string of the molecule is CCCCCCCCCCCCOC(=O)CCC(=O)OCC1C=CCCC1. The molecule has 0 spiro atoms. The van der Waals surface area contributed by atoms with Gasteiger partial charge >= 0.3 is 11.9 Å². The van der Waals surface area contributed by atoms with Crippen molar-refractivity contribution in [3.63, 3.8) is 0 Å². The average Bonchev–Trinajstić information content (AvgIpc) is 2.69. The van der Waals surface area contributed by atoms with Gasteiger partial charge in [-0.1, -0.05) is 76.9 Å². The van der Waals surface area contributed by atoms with Crippen molar-refractivity contribution in [2.24, 2.45) is 5.92 Å². The molecule has 156 valence electrons. The molecule has 0 heterocycles. The second-order valence-electron chi connectivity index (χ2n) is 7.70. The molecule has 0 aromatic rings. The van der Waals surface area contributed by atoms with Crippen molar-refractivity contribution in [2.75, 3.05) is 13.2 Å². The summed E-state index contributed by atoms with van der Waals surface area (Å²) >= 11 is 0. The Balaban J connectivity index is 1.86. The molecule has 4 nitrogen and oxygen atoms in total. The summed E-state index contributed by atoms with van der Waals surface area (Å²) < 4.78 is 10.4. The van der Waals surface area contributed by atoms with E-state index in [1.54, 1.807) is 0 Å². The van der Waals surface area contributed by atoms with E-state index in [9.17, 15) is 9.59 Å². The number of carbonyl (C=O) groups excluding carboxylic acids is 2. The van der Waals surface area contributed by atoms with Crippen LogP contribution in [0.3, 0.4) is 0 Å². The Morgan fingerprint density at radius 2 is 1.44 bits per heavy atom. The minimum absolute atomic E-state index is 0.118. The highest BCUT2D eigenvalue weighted by atomic mass is 16.5. The van der Waals surface area contributed by atoms with E-state index in [0.29, 0.717) is 19.1 Å². The Morgan fingerprint density at radius 1 is 0.852 bits per heavy atom. The molecule has 4 heteroatoms. The summed E-state index contributed by atoms with van der Waals surface area (Å²) in [4.78, 5) is 23.4. The van der Waals surface area contributed by atoms with E-state index >= 15 is 0 Å². The molecule has 1 aliphatic rings. The van der Waals surface area contributed by atoms with E-state index < -0.39 is 0 Å². The standard InChI is InChI=1S/C23H40O4/c1-2-3-4-5-6-7-8-9-10-14-19-26-22(24)17-18-23(25)27-20-21-15-12-11-13-16-21/h12,15,21H,2-11,13-14,16-20H2,1H3. The van der Waals surface area contributed by atoms with Crippen LogP contribution in [-0.2, 0) is 19.1 Å². The van der Waals surface area contributed by atoms with E-state index in [0.717, 1.165) is 32.1 Å². The molecule has 1 aliphatic carbocycles. The first-order chi connectivity index (χ1) is 13.2. The first kappa shape index (κ1) is 23.7. The van der Waals surface area contributed by atoms with E-state index in [-0.39, 0.29) is 24.8 Å². The first-order valence-electron chi connectivity index (χ1n) is 11.2. The van der Waals surface area contributed by atoms with Gasteiger partial charge in [0, 0.05) is 5.92 Å². The number of ether oxygens (including phenoxy) is 2. The largest absolute Gasteiger partial charge is 0.466 e. The fourth-order valence-electron chi connectivity index (χ4n) is 3.35. The molecule has 1 rings (SSSR count). The monoisotopic (exact) mass is 380 g/mol. The van der Waals surface area contributed by atoms with E-state index in [1.165, 1.54) is 51.4 Å². The number of rotatable bonds is 16. The van der Waals surface area contributed by atoms with Gasteiger partial charge in [-0.15, -0.1) is 0 Å². The topological polar surface area (TPSA) is 52.6 Å². The minimum Gasteiger partial charge on any atom is -0.466 e. The van der Waals surface area contributed by atoms with Crippen molar-refractivity contribution in [2.45, 2.75) is 103 Å². The van der Waals surface area contributed by atoms with Gasteiger partial charge in [0.2, 0.25) is 0 Å². The van der Waals surface area contributed by atoms with Crippen LogP contribution in [0.25, 0.3) is 0 Å². The fourth-order valence-corrected chi connectivity index (χ4v) is 3.35. The third-order valence-electron chi connectivity index (χ3n) is 5.11. The highest BCUT2D eigenvalue weighted by Crippen LogP contribution is 2.17. The van der Waals surface area contributed by atoms with Gasteiger partial charge in [-0.3, -0.25) is 9.59 Å². The van der Waals surface area contributed by atoms with Crippen molar-refractivity contribution in [3.05, 3.63) is 12.2 Å². The first-order valence-corrected chi connectivity index (χ1v) is 11.2. The number of hydrogen-bond acceptors (Lipinski definition) is 4. The lowest BCUT2D eigenvalue weighted by atomic mass is 9.97. The van der Waals surface area contributed by atoms with Gasteiger partial charge in [0.15, 0.2) is 0 Å². The summed E-state index contributed by atoms with van der Waals surface area (Å²) in [6, 6.07) is 0. The predicted molar refractivity (Wildman–Crippen MR) is 109 cm³/mol. The van der Waals surface area contributed by atoms with Crippen LogP contribution in [0.15, 0.2) is 12.2 Å². The summed E-state index contributed by atoms with van der Waals surface area (Å²) in [6.07, 6.45) is 20.5. The van der Waals surface area contributed by atoms with Gasteiger partial charge < -0.3 is 9.47 Å². The Labute approximate surface area is 166 Å². The molecule has 0 bridgehead atoms. The van der Waals surface area contributed by atoms with Crippen LogP contribution in [0.4, 0.5) is 0 Å². The number of esters is 2. The smallest absolute Gasteiger partial charge is 0.306 e. The number of allylic oxidation sites excluding steroid dienone is 1. The van der Waals surface area contributed by atoms with Crippen LogP contribution in [-0.4, -0.2) is 25.2 Å². The van der Waals surface area contributed by atoms with Crippen molar-refractivity contribution in [1.29, 1.82) is 0 Å². The Morgan fingerprint density at radius 3 is 2.04 bits per heavy atom. The predicted octanol–water partition coefficient (Wildman–Crippen LogP) is 6.13. The van der Waals surface area contributed by atoms with E-state index in [1.807, 2.05) is 0 Å². The number of carbonyl (C=O) groups is 2. The minimum atomic E-state index is -0.301. The highest BCUT2D eigenvalue weighted by molar-refractivity contribution is 5.77. The van der Waals surface area contributed by atoms with Crippen LogP contribution < -0.4 is 0 Å². The molecule has 0 saturated heterocycles. The molecule has 27 heavy (non-hydrogen) atoms. The van der Waals surface area contributed by atoms with Crippen molar-refractivity contribution >= 4 is 11.9 Å². The van der Waals surface area contributed by atoms with Gasteiger partial charge in [0.05, 0.1) is 26.1 Å². The zero-order chi connectivity index (χ0) is 19.6. The van der Waals surface area contributed by atoms with Crippen molar-refractivity contribution in [3.8, 4) is 0 Å². The lowest BCUT2D eigenvalue weighted by Gasteiger charge is -2.15. The van der Waals surface area contributed by atoms with Gasteiger partial charge in [0.25, 0.3) is 0 Å². The van der Waals surface area contributed by atoms with E-state index in [2.05, 4.69) is 19.1 Å². The summed E-state index contributed by atoms with van der Waals surface area (Å²) in [6.45, 7) is 3.15. The molecular formula is C23H40O4. The Hall–Kier alpha value is -1.32. The summed E-state index contributed by atoms with van der Waals surface area (Å²) in [7, 11) is 0. The van der Waals surface area contributed by atoms with Crippen LogP contribution in [0, 0.1) is 5.92 Å². The quantitative estimate of drug-likeness (QED) is 0.184. The van der Waals surface area contributed by atoms with Crippen LogP contribution in [0.1, 0.15) is 103 Å². The van der Waals surface area contributed by atoms with Gasteiger partial charge in [-0.05, 0) is 25.7 Å². The number of hydrogen-bond donors (Lipinski definition) is 0. The van der Waals surface area contributed by atoms with Gasteiger partial charge in [-0.25, -0.2) is 0 Å². The van der Waals surface area contributed by atoms with Crippen molar-refractivity contribution in [1.82, 2.24) is 0 Å². The zero-order valence-corrected chi connectivity index (χ0v) is 17.4. The molecule has 0 aliphatic heterocycles. The maximum atomic E-state index is 11.7. The molecule has 0 radical (unpaired) electrons. The summed E-state index contributed by atoms with van der Waals surface area (Å²) in [5.74, 6) is -0.253. The highest BCUT2D eigenvalue weighted by Gasteiger charge is 2.13. The zero-order valence-electron chi connectivity index (χ0n) is 17.4.